The van der Waals surface area contributed by atoms with Crippen LogP contribution in [0.15, 0.2) is 24.3 Å². The number of carboxylic acids is 1. The first-order valence-corrected chi connectivity index (χ1v) is 20.9. The van der Waals surface area contributed by atoms with Crippen LogP contribution in [0.4, 0.5) is 4.79 Å². The third kappa shape index (κ3) is 16.5. The van der Waals surface area contributed by atoms with Gasteiger partial charge in [0.05, 0.1) is 19.1 Å². The van der Waals surface area contributed by atoms with Crippen molar-refractivity contribution in [2.75, 3.05) is 32.8 Å². The van der Waals surface area contributed by atoms with Gasteiger partial charge in [0.2, 0.25) is 0 Å². The molecule has 4 aliphatic carbocycles. The largest absolute Gasteiger partial charge is 0.508 e. The summed E-state index contributed by atoms with van der Waals surface area (Å²) in [6, 6.07) is 0. The zero-order valence-electron chi connectivity index (χ0n) is 32.8. The van der Waals surface area contributed by atoms with Crippen LogP contribution in [0.25, 0.3) is 0 Å². The van der Waals surface area contributed by atoms with Crippen molar-refractivity contribution in [2.45, 2.75) is 162 Å². The van der Waals surface area contributed by atoms with Crippen molar-refractivity contribution < 1.29 is 33.7 Å². The number of aliphatic carboxylic acids is 1. The first-order valence-electron chi connectivity index (χ1n) is 20.9. The Morgan fingerprint density at radius 2 is 1.45 bits per heavy atom. The average Bonchev–Trinajstić information content (AvgIpc) is 3.09. The lowest BCUT2D eigenvalue weighted by Gasteiger charge is -2.57. The summed E-state index contributed by atoms with van der Waals surface area (Å²) in [5.74, 6) is 0.162. The van der Waals surface area contributed by atoms with Gasteiger partial charge in [0.1, 0.15) is 6.10 Å². The summed E-state index contributed by atoms with van der Waals surface area (Å²) < 4.78 is 16.7. The van der Waals surface area contributed by atoms with Gasteiger partial charge in [-0.3, -0.25) is 9.59 Å². The van der Waals surface area contributed by atoms with Crippen LogP contribution in [-0.4, -0.2) is 67.1 Å². The highest BCUT2D eigenvalue weighted by molar-refractivity contribution is 5.73. The predicted molar refractivity (Wildman–Crippen MR) is 204 cm³/mol. The van der Waals surface area contributed by atoms with Crippen LogP contribution in [0.3, 0.4) is 0 Å². The van der Waals surface area contributed by atoms with Crippen LogP contribution in [0.1, 0.15) is 156 Å². The number of carboxylic acid groups (broad SMARTS) is 1. The Morgan fingerprint density at radius 1 is 0.824 bits per heavy atom. The molecule has 3 unspecified atom stereocenters. The van der Waals surface area contributed by atoms with Gasteiger partial charge in [-0.1, -0.05) is 71.3 Å². The molecule has 0 aromatic heterocycles. The van der Waals surface area contributed by atoms with E-state index < -0.39 is 24.1 Å². The van der Waals surface area contributed by atoms with E-state index in [1.165, 1.54) is 57.8 Å². The van der Waals surface area contributed by atoms with Crippen LogP contribution in [0.5, 0.6) is 0 Å². The maximum absolute atomic E-state index is 13.4. The molecule has 51 heavy (non-hydrogen) atoms. The molecule has 0 spiro atoms. The van der Waals surface area contributed by atoms with E-state index in [0.29, 0.717) is 12.8 Å². The summed E-state index contributed by atoms with van der Waals surface area (Å²) in [7, 11) is 0. The maximum atomic E-state index is 13.4. The maximum Gasteiger partial charge on any atom is 0.508 e. The van der Waals surface area contributed by atoms with Gasteiger partial charge in [-0.15, -0.1) is 0 Å². The topological polar surface area (TPSA) is 102 Å². The molecule has 292 valence electrons. The summed E-state index contributed by atoms with van der Waals surface area (Å²) in [5.41, 5.74) is 0.277. The molecule has 4 fully saturated rings. The molecular formula is C43H73NO7. The number of hydrogen-bond donors (Lipinski definition) is 1. The Kier molecular flexibility index (Phi) is 20.3. The van der Waals surface area contributed by atoms with Crippen LogP contribution in [0.2, 0.25) is 0 Å². The van der Waals surface area contributed by atoms with Crippen molar-refractivity contribution in [3.05, 3.63) is 24.3 Å². The molecule has 8 nitrogen and oxygen atoms in total. The minimum Gasteiger partial charge on any atom is -0.481 e. The number of esters is 1. The summed E-state index contributed by atoms with van der Waals surface area (Å²) in [4.78, 5) is 40.5. The number of unbranched alkanes of at least 4 members (excludes halogenated alkanes) is 6. The third-order valence-corrected chi connectivity index (χ3v) is 11.9. The molecule has 4 aliphatic rings. The predicted octanol–water partition coefficient (Wildman–Crippen LogP) is 10.5. The molecule has 1 N–H and O–H groups in total. The number of allylic oxidation sites excluding steroid dienone is 4. The molecule has 0 saturated heterocycles. The fourth-order valence-electron chi connectivity index (χ4n) is 9.49. The van der Waals surface area contributed by atoms with Crippen molar-refractivity contribution in [3.8, 4) is 0 Å². The SMILES string of the molecule is CCCCC/C=C\C/C=C\CCCCCC(OC(=O)CCC12CC3CC(CC(C3)C1)C2)C(CC(C)COC(=O)OCCCN(CC)CC)C(=O)O. The molecule has 0 heterocycles. The van der Waals surface area contributed by atoms with Gasteiger partial charge in [0, 0.05) is 13.0 Å². The zero-order valence-corrected chi connectivity index (χ0v) is 32.8. The first-order chi connectivity index (χ1) is 24.7. The molecule has 8 heteroatoms. The highest BCUT2D eigenvalue weighted by atomic mass is 16.7. The highest BCUT2D eigenvalue weighted by Gasteiger charge is 2.50. The second-order valence-corrected chi connectivity index (χ2v) is 16.3. The molecule has 4 saturated carbocycles. The Labute approximate surface area is 310 Å². The molecule has 4 bridgehead atoms. The number of rotatable bonds is 28. The summed E-state index contributed by atoms with van der Waals surface area (Å²) in [6.07, 6.45) is 27.8. The van der Waals surface area contributed by atoms with E-state index in [4.69, 9.17) is 14.2 Å². The van der Waals surface area contributed by atoms with Gasteiger partial charge in [0.25, 0.3) is 0 Å². The van der Waals surface area contributed by atoms with Gasteiger partial charge in [-0.25, -0.2) is 4.79 Å². The quantitative estimate of drug-likeness (QED) is 0.0485. The van der Waals surface area contributed by atoms with Crippen molar-refractivity contribution in [2.24, 2.45) is 35.0 Å². The van der Waals surface area contributed by atoms with E-state index in [-0.39, 0.29) is 36.9 Å². The number of carbonyl (C=O) groups excluding carboxylic acids is 2. The Hall–Kier alpha value is -2.35. The summed E-state index contributed by atoms with van der Waals surface area (Å²) >= 11 is 0. The molecule has 3 atom stereocenters. The van der Waals surface area contributed by atoms with Gasteiger partial charge >= 0.3 is 18.1 Å². The van der Waals surface area contributed by atoms with Gasteiger partial charge in [-0.2, -0.15) is 0 Å². The summed E-state index contributed by atoms with van der Waals surface area (Å²) in [6.45, 7) is 11.4. The van der Waals surface area contributed by atoms with E-state index in [9.17, 15) is 19.5 Å². The summed E-state index contributed by atoms with van der Waals surface area (Å²) in [5, 5.41) is 10.4. The van der Waals surface area contributed by atoms with E-state index >= 15 is 0 Å². The molecule has 0 aromatic carbocycles. The number of hydrogen-bond acceptors (Lipinski definition) is 7. The number of carbonyl (C=O) groups is 3. The second kappa shape index (κ2) is 24.1. The van der Waals surface area contributed by atoms with Crippen LogP contribution in [-0.2, 0) is 23.8 Å². The van der Waals surface area contributed by atoms with E-state index in [1.807, 2.05) is 6.92 Å². The Balaban J connectivity index is 1.48. The molecule has 0 aromatic rings. The third-order valence-electron chi connectivity index (χ3n) is 11.9. The van der Waals surface area contributed by atoms with Crippen LogP contribution < -0.4 is 0 Å². The molecule has 4 rings (SSSR count). The Bertz CT molecular complexity index is 1030. The van der Waals surface area contributed by atoms with Gasteiger partial charge in [-0.05, 0) is 145 Å². The van der Waals surface area contributed by atoms with Crippen molar-refractivity contribution in [3.63, 3.8) is 0 Å². The zero-order chi connectivity index (χ0) is 36.9. The van der Waals surface area contributed by atoms with Crippen LogP contribution >= 0.6 is 0 Å². The molecule has 0 radical (unpaired) electrons. The Morgan fingerprint density at radius 3 is 2.04 bits per heavy atom. The lowest BCUT2D eigenvalue weighted by Crippen LogP contribution is -2.46. The van der Waals surface area contributed by atoms with Gasteiger partial charge < -0.3 is 24.2 Å². The second-order valence-electron chi connectivity index (χ2n) is 16.3. The smallest absolute Gasteiger partial charge is 0.481 e. The number of ether oxygens (including phenoxy) is 3. The van der Waals surface area contributed by atoms with Crippen LogP contribution in [0, 0.1) is 35.0 Å². The molecule has 0 amide bonds. The van der Waals surface area contributed by atoms with Crippen molar-refractivity contribution >= 4 is 18.1 Å². The molecular weight excluding hydrogens is 642 g/mol. The fraction of sp³-hybridized carbons (Fsp3) is 0.837. The minimum atomic E-state index is -0.967. The number of nitrogens with zero attached hydrogens (tertiary/aromatic N) is 1. The fourth-order valence-corrected chi connectivity index (χ4v) is 9.49. The minimum absolute atomic E-state index is 0.0611. The first kappa shape index (κ1) is 43.1. The average molecular weight is 716 g/mol. The highest BCUT2D eigenvalue weighted by Crippen LogP contribution is 2.61. The monoisotopic (exact) mass is 716 g/mol. The van der Waals surface area contributed by atoms with E-state index in [1.54, 1.807) is 0 Å². The van der Waals surface area contributed by atoms with E-state index in [2.05, 4.69) is 50.0 Å². The van der Waals surface area contributed by atoms with Crippen molar-refractivity contribution in [1.82, 2.24) is 4.90 Å². The lowest BCUT2D eigenvalue weighted by molar-refractivity contribution is -0.161. The lowest BCUT2D eigenvalue weighted by atomic mass is 9.48. The standard InChI is InChI=1S/C43H73NO7/c1-5-8-9-10-11-12-13-14-15-16-17-18-19-21-39(51-40(45)22-23-43-30-35-27-36(31-43)29-37(28-35)32-43)38(41(46)47)26-34(4)33-50-42(48)49-25-20-24-44(6-2)7-3/h11-12,14-15,34-39H,5-10,13,16-33H2,1-4H3,(H,46,47)/b12-11-,15-14-. The van der Waals surface area contributed by atoms with Crippen molar-refractivity contribution in [1.29, 1.82) is 0 Å². The normalized spacial score (nSPS) is 24.3. The van der Waals surface area contributed by atoms with Gasteiger partial charge in [0.15, 0.2) is 0 Å². The van der Waals surface area contributed by atoms with E-state index in [0.717, 1.165) is 88.8 Å². The molecule has 0 aliphatic heterocycles.